The quantitative estimate of drug-likeness (QED) is 0.705. The van der Waals surface area contributed by atoms with Crippen molar-refractivity contribution in [2.45, 2.75) is 46.1 Å². The Morgan fingerprint density at radius 3 is 2.38 bits per heavy atom. The van der Waals surface area contributed by atoms with Gasteiger partial charge in [0.1, 0.15) is 12.4 Å². The van der Waals surface area contributed by atoms with Crippen molar-refractivity contribution in [2.24, 2.45) is 0 Å². The van der Waals surface area contributed by atoms with E-state index in [4.69, 9.17) is 4.74 Å². The Morgan fingerprint density at radius 1 is 1.15 bits per heavy atom. The first kappa shape index (κ1) is 19.8. The van der Waals surface area contributed by atoms with Crippen LogP contribution in [0.5, 0.6) is 5.75 Å². The molecule has 0 saturated carbocycles. The molecule has 2 aromatic rings. The number of rotatable bonds is 6. The van der Waals surface area contributed by atoms with Crippen molar-refractivity contribution < 1.29 is 9.53 Å². The number of amides is 1. The second-order valence-electron chi connectivity index (χ2n) is 7.84. The molecule has 1 atom stereocenters. The van der Waals surface area contributed by atoms with Gasteiger partial charge in [0.2, 0.25) is 0 Å². The summed E-state index contributed by atoms with van der Waals surface area (Å²) in [7, 11) is 0. The zero-order chi connectivity index (χ0) is 19.3. The maximum atomic E-state index is 12.6. The smallest absolute Gasteiger partial charge is 0.251 e. The van der Waals surface area contributed by atoms with E-state index in [1.807, 2.05) is 26.0 Å². The highest BCUT2D eigenvalue weighted by molar-refractivity contribution is 5.94. The predicted octanol–water partition coefficient (Wildman–Crippen LogP) is 5.43. The zero-order valence-electron chi connectivity index (χ0n) is 16.4. The lowest BCUT2D eigenvalue weighted by Crippen LogP contribution is -2.26. The lowest BCUT2D eigenvalue weighted by atomic mass is 9.86. The van der Waals surface area contributed by atoms with Crippen LogP contribution in [0.25, 0.3) is 0 Å². The van der Waals surface area contributed by atoms with Crippen LogP contribution in [0.1, 0.15) is 62.1 Å². The normalized spacial score (nSPS) is 12.3. The number of hydrogen-bond donors (Lipinski definition) is 1. The first-order valence-electron chi connectivity index (χ1n) is 8.95. The molecule has 0 saturated heterocycles. The Bertz CT molecular complexity index is 770. The minimum atomic E-state index is -0.113. The first-order valence-corrected chi connectivity index (χ1v) is 8.95. The lowest BCUT2D eigenvalue weighted by Gasteiger charge is -2.21. The second-order valence-corrected chi connectivity index (χ2v) is 7.84. The molecule has 0 aromatic heterocycles. The third-order valence-corrected chi connectivity index (χ3v) is 4.21. The highest BCUT2D eigenvalue weighted by atomic mass is 16.5. The monoisotopic (exact) mass is 351 g/mol. The molecule has 138 valence electrons. The first-order chi connectivity index (χ1) is 12.2. The Morgan fingerprint density at radius 2 is 1.81 bits per heavy atom. The third kappa shape index (κ3) is 5.48. The summed E-state index contributed by atoms with van der Waals surface area (Å²) in [4.78, 5) is 12.6. The molecule has 0 heterocycles. The number of carbonyl (C=O) groups is 1. The largest absolute Gasteiger partial charge is 0.489 e. The van der Waals surface area contributed by atoms with E-state index in [0.717, 1.165) is 11.1 Å². The SMILES string of the molecule is C=C(C)COc1cccc(C(=O)NC(C)c2ccc(C(C)(C)C)cc2)c1. The van der Waals surface area contributed by atoms with Gasteiger partial charge in [0.05, 0.1) is 6.04 Å². The van der Waals surface area contributed by atoms with E-state index >= 15 is 0 Å². The van der Waals surface area contributed by atoms with Crippen LogP contribution in [0.2, 0.25) is 0 Å². The lowest BCUT2D eigenvalue weighted by molar-refractivity contribution is 0.0939. The third-order valence-electron chi connectivity index (χ3n) is 4.21. The fourth-order valence-electron chi connectivity index (χ4n) is 2.57. The Labute approximate surface area is 157 Å². The molecule has 0 spiro atoms. The molecule has 1 N–H and O–H groups in total. The molecule has 1 unspecified atom stereocenters. The van der Waals surface area contributed by atoms with Crippen molar-refractivity contribution in [1.29, 1.82) is 0 Å². The van der Waals surface area contributed by atoms with Crippen molar-refractivity contribution in [3.63, 3.8) is 0 Å². The average Bonchev–Trinajstić information content (AvgIpc) is 2.59. The van der Waals surface area contributed by atoms with Gasteiger partial charge in [-0.25, -0.2) is 0 Å². The maximum Gasteiger partial charge on any atom is 0.251 e. The Balaban J connectivity index is 2.04. The van der Waals surface area contributed by atoms with Gasteiger partial charge in [-0.2, -0.15) is 0 Å². The van der Waals surface area contributed by atoms with Crippen molar-refractivity contribution in [2.75, 3.05) is 6.61 Å². The minimum Gasteiger partial charge on any atom is -0.489 e. The zero-order valence-corrected chi connectivity index (χ0v) is 16.4. The molecule has 2 aromatic carbocycles. The van der Waals surface area contributed by atoms with Gasteiger partial charge >= 0.3 is 0 Å². The summed E-state index contributed by atoms with van der Waals surface area (Å²) in [6, 6.07) is 15.6. The van der Waals surface area contributed by atoms with Crippen molar-refractivity contribution >= 4 is 5.91 Å². The van der Waals surface area contributed by atoms with Crippen LogP contribution in [0.15, 0.2) is 60.7 Å². The van der Waals surface area contributed by atoms with Gasteiger partial charge in [-0.05, 0) is 54.2 Å². The molecule has 3 heteroatoms. The van der Waals surface area contributed by atoms with Crippen LogP contribution < -0.4 is 10.1 Å². The van der Waals surface area contributed by atoms with Crippen molar-refractivity contribution in [3.05, 3.63) is 77.4 Å². The number of carbonyl (C=O) groups excluding carboxylic acids is 1. The summed E-state index contributed by atoms with van der Waals surface area (Å²) >= 11 is 0. The van der Waals surface area contributed by atoms with E-state index in [1.54, 1.807) is 12.1 Å². The molecule has 0 aliphatic heterocycles. The summed E-state index contributed by atoms with van der Waals surface area (Å²) in [6.45, 7) is 14.7. The number of nitrogens with one attached hydrogen (secondary N) is 1. The van der Waals surface area contributed by atoms with Crippen LogP contribution >= 0.6 is 0 Å². The maximum absolute atomic E-state index is 12.6. The number of ether oxygens (including phenoxy) is 1. The molecule has 0 aliphatic carbocycles. The highest BCUT2D eigenvalue weighted by Gasteiger charge is 2.15. The van der Waals surface area contributed by atoms with E-state index in [2.05, 4.69) is 56.9 Å². The molecular weight excluding hydrogens is 322 g/mol. The molecule has 0 radical (unpaired) electrons. The van der Waals surface area contributed by atoms with Gasteiger partial charge in [0.25, 0.3) is 5.91 Å². The summed E-state index contributed by atoms with van der Waals surface area (Å²) in [6.07, 6.45) is 0. The molecule has 0 aliphatic rings. The molecular formula is C23H29NO2. The Hall–Kier alpha value is -2.55. The fraction of sp³-hybridized carbons (Fsp3) is 0.348. The van der Waals surface area contributed by atoms with Gasteiger partial charge < -0.3 is 10.1 Å². The topological polar surface area (TPSA) is 38.3 Å². The van der Waals surface area contributed by atoms with Crippen molar-refractivity contribution in [3.8, 4) is 5.75 Å². The Kier molecular flexibility index (Phi) is 6.25. The predicted molar refractivity (Wildman–Crippen MR) is 108 cm³/mol. The van der Waals surface area contributed by atoms with Gasteiger partial charge in [0.15, 0.2) is 0 Å². The van der Waals surface area contributed by atoms with E-state index in [0.29, 0.717) is 17.9 Å². The molecule has 1 amide bonds. The molecule has 3 nitrogen and oxygen atoms in total. The molecule has 26 heavy (non-hydrogen) atoms. The van der Waals surface area contributed by atoms with Gasteiger partial charge in [-0.15, -0.1) is 0 Å². The highest BCUT2D eigenvalue weighted by Crippen LogP contribution is 2.24. The second kappa shape index (κ2) is 8.22. The van der Waals surface area contributed by atoms with Gasteiger partial charge in [-0.1, -0.05) is 57.7 Å². The number of hydrogen-bond acceptors (Lipinski definition) is 2. The van der Waals surface area contributed by atoms with Crippen LogP contribution in [-0.4, -0.2) is 12.5 Å². The summed E-state index contributed by atoms with van der Waals surface area (Å²) in [5, 5.41) is 3.05. The molecule has 0 bridgehead atoms. The summed E-state index contributed by atoms with van der Waals surface area (Å²) < 4.78 is 5.61. The van der Waals surface area contributed by atoms with E-state index < -0.39 is 0 Å². The standard InChI is InChI=1S/C23H29NO2/c1-16(2)15-26-21-9-7-8-19(14-21)22(25)24-17(3)18-10-12-20(13-11-18)23(4,5)6/h7-14,17H,1,15H2,2-6H3,(H,24,25). The molecule has 0 fully saturated rings. The van der Waals surface area contributed by atoms with Crippen LogP contribution in [0.3, 0.4) is 0 Å². The summed E-state index contributed by atoms with van der Waals surface area (Å²) in [5.74, 6) is 0.556. The van der Waals surface area contributed by atoms with E-state index in [9.17, 15) is 4.79 Å². The molecule has 2 rings (SSSR count). The summed E-state index contributed by atoms with van der Waals surface area (Å²) in [5.41, 5.74) is 4.01. The van der Waals surface area contributed by atoms with Crippen LogP contribution in [0.4, 0.5) is 0 Å². The van der Waals surface area contributed by atoms with Crippen LogP contribution in [0, 0.1) is 0 Å². The van der Waals surface area contributed by atoms with Gasteiger partial charge in [0, 0.05) is 5.56 Å². The van der Waals surface area contributed by atoms with Crippen LogP contribution in [-0.2, 0) is 5.41 Å². The average molecular weight is 351 g/mol. The van der Waals surface area contributed by atoms with E-state index in [1.165, 1.54) is 5.56 Å². The van der Waals surface area contributed by atoms with E-state index in [-0.39, 0.29) is 17.4 Å². The van der Waals surface area contributed by atoms with Gasteiger partial charge in [-0.3, -0.25) is 4.79 Å². The minimum absolute atomic E-state index is 0.0727. The fourth-order valence-corrected chi connectivity index (χ4v) is 2.57. The number of benzene rings is 2. The van der Waals surface area contributed by atoms with Crippen molar-refractivity contribution in [1.82, 2.24) is 5.32 Å².